The van der Waals surface area contributed by atoms with Gasteiger partial charge in [-0.1, -0.05) is 17.7 Å². The number of benzene rings is 2. The molecule has 0 saturated carbocycles. The first-order valence-electron chi connectivity index (χ1n) is 5.61. The monoisotopic (exact) mass is 329 g/mol. The standard InChI is InChI=1S/C13H9ClFNO4S/c14-8-2-1-3-10(6-8)21(19,20)16-9-4-5-11(13(17)18)12(15)7-9/h1-7,16H,(H,17,18). The van der Waals surface area contributed by atoms with Crippen LogP contribution in [0.4, 0.5) is 10.1 Å². The fraction of sp³-hybridized carbons (Fsp3) is 0. The van der Waals surface area contributed by atoms with E-state index in [-0.39, 0.29) is 15.6 Å². The van der Waals surface area contributed by atoms with Crippen LogP contribution in [0.15, 0.2) is 47.4 Å². The van der Waals surface area contributed by atoms with Gasteiger partial charge in [0.1, 0.15) is 5.82 Å². The number of carbonyl (C=O) groups is 1. The predicted molar refractivity (Wildman–Crippen MR) is 75.6 cm³/mol. The maximum Gasteiger partial charge on any atom is 0.338 e. The summed E-state index contributed by atoms with van der Waals surface area (Å²) < 4.78 is 39.8. The van der Waals surface area contributed by atoms with Crippen LogP contribution in [0, 0.1) is 5.82 Å². The number of rotatable bonds is 4. The van der Waals surface area contributed by atoms with Gasteiger partial charge >= 0.3 is 5.97 Å². The third-order valence-electron chi connectivity index (χ3n) is 2.56. The minimum atomic E-state index is -3.93. The Kier molecular flexibility index (Phi) is 4.15. The maximum atomic E-state index is 13.5. The highest BCUT2D eigenvalue weighted by Crippen LogP contribution is 2.21. The van der Waals surface area contributed by atoms with Gasteiger partial charge in [-0.05, 0) is 36.4 Å². The molecular formula is C13H9ClFNO4S. The van der Waals surface area contributed by atoms with Crippen molar-refractivity contribution in [3.63, 3.8) is 0 Å². The minimum absolute atomic E-state index is 0.0854. The molecule has 5 nitrogen and oxygen atoms in total. The van der Waals surface area contributed by atoms with Gasteiger partial charge in [-0.2, -0.15) is 0 Å². The normalized spacial score (nSPS) is 11.1. The van der Waals surface area contributed by atoms with Gasteiger partial charge in [-0.15, -0.1) is 0 Å². The molecule has 2 aromatic carbocycles. The molecule has 21 heavy (non-hydrogen) atoms. The number of anilines is 1. The molecule has 8 heteroatoms. The lowest BCUT2D eigenvalue weighted by molar-refractivity contribution is 0.0692. The number of nitrogens with one attached hydrogen (secondary N) is 1. The summed E-state index contributed by atoms with van der Waals surface area (Å²) in [5, 5.41) is 8.95. The van der Waals surface area contributed by atoms with Crippen molar-refractivity contribution in [1.29, 1.82) is 0 Å². The molecule has 110 valence electrons. The van der Waals surface area contributed by atoms with Crippen molar-refractivity contribution >= 4 is 33.3 Å². The van der Waals surface area contributed by atoms with Crippen molar-refractivity contribution in [2.24, 2.45) is 0 Å². The molecule has 0 heterocycles. The molecule has 0 aliphatic carbocycles. The molecular weight excluding hydrogens is 321 g/mol. The number of carboxylic acids is 1. The fourth-order valence-corrected chi connectivity index (χ4v) is 2.95. The van der Waals surface area contributed by atoms with E-state index in [2.05, 4.69) is 4.72 Å². The summed E-state index contributed by atoms with van der Waals surface area (Å²) >= 11 is 5.72. The summed E-state index contributed by atoms with van der Waals surface area (Å²) in [5.41, 5.74) is -0.627. The highest BCUT2D eigenvalue weighted by molar-refractivity contribution is 7.92. The van der Waals surface area contributed by atoms with Crippen LogP contribution in [0.2, 0.25) is 5.02 Å². The molecule has 0 spiro atoms. The number of carboxylic acid groups (broad SMARTS) is 1. The van der Waals surface area contributed by atoms with Gasteiger partial charge in [0.2, 0.25) is 0 Å². The zero-order valence-corrected chi connectivity index (χ0v) is 12.0. The molecule has 0 bridgehead atoms. The smallest absolute Gasteiger partial charge is 0.338 e. The van der Waals surface area contributed by atoms with Gasteiger partial charge in [0, 0.05) is 5.02 Å². The van der Waals surface area contributed by atoms with E-state index in [0.29, 0.717) is 0 Å². The summed E-state index contributed by atoms with van der Waals surface area (Å²) in [7, 11) is -3.93. The Bertz CT molecular complexity index is 808. The molecule has 2 rings (SSSR count). The predicted octanol–water partition coefficient (Wildman–Crippen LogP) is 2.98. The molecule has 2 N–H and O–H groups in total. The van der Waals surface area contributed by atoms with Gasteiger partial charge in [-0.25, -0.2) is 17.6 Å². The molecule has 0 aliphatic heterocycles. The molecule has 0 atom stereocenters. The average Bonchev–Trinajstić information content (AvgIpc) is 2.37. The number of sulfonamides is 1. The number of hydrogen-bond donors (Lipinski definition) is 2. The third kappa shape index (κ3) is 3.50. The number of hydrogen-bond acceptors (Lipinski definition) is 3. The van der Waals surface area contributed by atoms with Gasteiger partial charge in [0.15, 0.2) is 0 Å². The van der Waals surface area contributed by atoms with E-state index in [1.54, 1.807) is 0 Å². The van der Waals surface area contributed by atoms with E-state index >= 15 is 0 Å². The lowest BCUT2D eigenvalue weighted by atomic mass is 10.2. The zero-order valence-electron chi connectivity index (χ0n) is 10.4. The lowest BCUT2D eigenvalue weighted by Gasteiger charge is -2.09. The number of aromatic carboxylic acids is 1. The van der Waals surface area contributed by atoms with Crippen molar-refractivity contribution in [1.82, 2.24) is 0 Å². The number of halogens is 2. The van der Waals surface area contributed by atoms with E-state index in [1.165, 1.54) is 24.3 Å². The van der Waals surface area contributed by atoms with E-state index in [4.69, 9.17) is 16.7 Å². The maximum absolute atomic E-state index is 13.5. The Hall–Kier alpha value is -2.12. The second-order valence-electron chi connectivity index (χ2n) is 4.06. The molecule has 0 fully saturated rings. The van der Waals surface area contributed by atoms with E-state index in [0.717, 1.165) is 18.2 Å². The molecule has 0 saturated heterocycles. The highest BCUT2D eigenvalue weighted by Gasteiger charge is 2.16. The first-order valence-corrected chi connectivity index (χ1v) is 7.47. The quantitative estimate of drug-likeness (QED) is 0.903. The Morgan fingerprint density at radius 2 is 1.90 bits per heavy atom. The minimum Gasteiger partial charge on any atom is -0.478 e. The Morgan fingerprint density at radius 3 is 2.48 bits per heavy atom. The SMILES string of the molecule is O=C(O)c1ccc(NS(=O)(=O)c2cccc(Cl)c2)cc1F. The van der Waals surface area contributed by atoms with Crippen molar-refractivity contribution in [2.75, 3.05) is 4.72 Å². The van der Waals surface area contributed by atoms with Gasteiger partial charge in [0.05, 0.1) is 16.1 Å². The molecule has 0 radical (unpaired) electrons. The molecule has 0 aromatic heterocycles. The van der Waals surface area contributed by atoms with Crippen molar-refractivity contribution in [2.45, 2.75) is 4.90 Å². The topological polar surface area (TPSA) is 83.5 Å². The van der Waals surface area contributed by atoms with Crippen LogP contribution in [-0.4, -0.2) is 19.5 Å². The Labute approximate surface area is 125 Å². The van der Waals surface area contributed by atoms with Crippen LogP contribution in [0.25, 0.3) is 0 Å². The van der Waals surface area contributed by atoms with E-state index in [9.17, 15) is 17.6 Å². The van der Waals surface area contributed by atoms with Crippen LogP contribution in [0.1, 0.15) is 10.4 Å². The third-order valence-corrected chi connectivity index (χ3v) is 4.17. The van der Waals surface area contributed by atoms with Crippen LogP contribution in [0.5, 0.6) is 0 Å². The van der Waals surface area contributed by atoms with Crippen molar-refractivity contribution < 1.29 is 22.7 Å². The summed E-state index contributed by atoms with van der Waals surface area (Å²) in [6.45, 7) is 0. The highest BCUT2D eigenvalue weighted by atomic mass is 35.5. The van der Waals surface area contributed by atoms with Crippen molar-refractivity contribution in [3.05, 3.63) is 58.9 Å². The second kappa shape index (κ2) is 5.71. The van der Waals surface area contributed by atoms with Crippen LogP contribution in [-0.2, 0) is 10.0 Å². The fourth-order valence-electron chi connectivity index (χ4n) is 1.60. The van der Waals surface area contributed by atoms with E-state index in [1.807, 2.05) is 0 Å². The van der Waals surface area contributed by atoms with Gasteiger partial charge in [-0.3, -0.25) is 4.72 Å². The van der Waals surface area contributed by atoms with E-state index < -0.39 is 27.4 Å². The molecule has 0 amide bonds. The first kappa shape index (κ1) is 15.3. The van der Waals surface area contributed by atoms with Crippen LogP contribution < -0.4 is 4.72 Å². The average molecular weight is 330 g/mol. The Balaban J connectivity index is 2.33. The first-order chi connectivity index (χ1) is 9.79. The van der Waals surface area contributed by atoms with Crippen molar-refractivity contribution in [3.8, 4) is 0 Å². The molecule has 2 aromatic rings. The second-order valence-corrected chi connectivity index (χ2v) is 6.18. The van der Waals surface area contributed by atoms with Crippen LogP contribution in [0.3, 0.4) is 0 Å². The molecule has 0 aliphatic rings. The summed E-state index contributed by atoms with van der Waals surface area (Å²) in [4.78, 5) is 10.6. The summed E-state index contributed by atoms with van der Waals surface area (Å²) in [5.74, 6) is -2.47. The van der Waals surface area contributed by atoms with Gasteiger partial charge < -0.3 is 5.11 Å². The lowest BCUT2D eigenvalue weighted by Crippen LogP contribution is -2.13. The van der Waals surface area contributed by atoms with Gasteiger partial charge in [0.25, 0.3) is 10.0 Å². The van der Waals surface area contributed by atoms with Crippen LogP contribution >= 0.6 is 11.6 Å². The largest absolute Gasteiger partial charge is 0.478 e. The zero-order chi connectivity index (χ0) is 15.6. The Morgan fingerprint density at radius 1 is 1.19 bits per heavy atom. The molecule has 0 unspecified atom stereocenters. The summed E-state index contributed by atoms with van der Waals surface area (Å²) in [6, 6.07) is 8.49. The summed E-state index contributed by atoms with van der Waals surface area (Å²) in [6.07, 6.45) is 0.